The van der Waals surface area contributed by atoms with Gasteiger partial charge in [-0.25, -0.2) is 4.79 Å². The fourth-order valence-electron chi connectivity index (χ4n) is 1.36. The topological polar surface area (TPSA) is 74.7 Å². The highest BCUT2D eigenvalue weighted by molar-refractivity contribution is 6.14. The third kappa shape index (κ3) is 1.81. The normalized spacial score (nSPS) is 17.6. The van der Waals surface area contributed by atoms with Crippen LogP contribution in [0.25, 0.3) is 0 Å². The van der Waals surface area contributed by atoms with E-state index in [9.17, 15) is 14.4 Å². The highest BCUT2D eigenvalue weighted by Gasteiger charge is 2.34. The Bertz CT molecular complexity index is 290. The van der Waals surface area contributed by atoms with Crippen LogP contribution < -0.4 is 0 Å². The molecule has 1 rings (SSSR count). The number of imide groups is 1. The number of amides is 2. The Labute approximate surface area is 81.0 Å². The minimum Gasteiger partial charge on any atom is -0.480 e. The molecule has 0 aromatic heterocycles. The summed E-state index contributed by atoms with van der Waals surface area (Å²) in [7, 11) is 0. The van der Waals surface area contributed by atoms with E-state index in [0.29, 0.717) is 6.42 Å². The third-order valence-electron chi connectivity index (χ3n) is 2.00. The van der Waals surface area contributed by atoms with Gasteiger partial charge in [-0.3, -0.25) is 14.5 Å². The summed E-state index contributed by atoms with van der Waals surface area (Å²) in [5.74, 6) is -2.23. The molecule has 0 radical (unpaired) electrons. The van der Waals surface area contributed by atoms with Crippen molar-refractivity contribution in [2.24, 2.45) is 0 Å². The zero-order chi connectivity index (χ0) is 10.7. The van der Waals surface area contributed by atoms with Crippen molar-refractivity contribution >= 4 is 17.8 Å². The van der Waals surface area contributed by atoms with Gasteiger partial charge < -0.3 is 5.11 Å². The lowest BCUT2D eigenvalue weighted by atomic mass is 10.1. The Morgan fingerprint density at radius 3 is 2.29 bits per heavy atom. The minimum absolute atomic E-state index is 0.286. The number of carbonyl (C=O) groups excluding carboxylic acids is 2. The smallest absolute Gasteiger partial charge is 0.326 e. The van der Waals surface area contributed by atoms with Gasteiger partial charge in [0.25, 0.3) is 11.8 Å². The first-order chi connectivity index (χ1) is 6.57. The van der Waals surface area contributed by atoms with Crippen molar-refractivity contribution in [3.05, 3.63) is 12.2 Å². The van der Waals surface area contributed by atoms with Gasteiger partial charge in [0.05, 0.1) is 0 Å². The highest BCUT2D eigenvalue weighted by Crippen LogP contribution is 2.13. The van der Waals surface area contributed by atoms with Crippen LogP contribution in [0, 0.1) is 0 Å². The lowest BCUT2D eigenvalue weighted by molar-refractivity contribution is -0.153. The number of rotatable bonds is 4. The van der Waals surface area contributed by atoms with E-state index in [-0.39, 0.29) is 6.42 Å². The summed E-state index contributed by atoms with van der Waals surface area (Å²) in [4.78, 5) is 33.9. The second kappa shape index (κ2) is 4.04. The van der Waals surface area contributed by atoms with Crippen molar-refractivity contribution in [1.29, 1.82) is 0 Å². The first-order valence-electron chi connectivity index (χ1n) is 4.36. The van der Waals surface area contributed by atoms with E-state index in [0.717, 1.165) is 17.1 Å². The number of aliphatic carboxylic acids is 1. The average molecular weight is 197 g/mol. The molecule has 0 aliphatic carbocycles. The van der Waals surface area contributed by atoms with Crippen LogP contribution in [0.2, 0.25) is 0 Å². The van der Waals surface area contributed by atoms with Crippen LogP contribution in [0.4, 0.5) is 0 Å². The van der Waals surface area contributed by atoms with E-state index in [1.54, 1.807) is 6.92 Å². The van der Waals surface area contributed by atoms with Crippen LogP contribution in [-0.4, -0.2) is 33.8 Å². The quantitative estimate of drug-likeness (QED) is 0.651. The van der Waals surface area contributed by atoms with Gasteiger partial charge in [-0.15, -0.1) is 0 Å². The number of hydrogen-bond acceptors (Lipinski definition) is 3. The van der Waals surface area contributed by atoms with E-state index in [4.69, 9.17) is 5.11 Å². The Morgan fingerprint density at radius 1 is 1.43 bits per heavy atom. The second-order valence-corrected chi connectivity index (χ2v) is 3.02. The Morgan fingerprint density at radius 2 is 1.93 bits per heavy atom. The molecule has 5 nitrogen and oxygen atoms in total. The Balaban J connectivity index is 2.83. The maximum atomic E-state index is 11.2. The van der Waals surface area contributed by atoms with Crippen molar-refractivity contribution in [2.75, 3.05) is 0 Å². The number of carbonyl (C=O) groups is 3. The molecule has 2 amide bonds. The number of hydrogen-bond donors (Lipinski definition) is 1. The van der Waals surface area contributed by atoms with E-state index in [1.807, 2.05) is 0 Å². The SMILES string of the molecule is CCCC(C(=O)O)N1C(=O)C=CC1=O. The lowest BCUT2D eigenvalue weighted by Gasteiger charge is -2.21. The molecule has 0 saturated carbocycles. The molecule has 0 bridgehead atoms. The molecule has 14 heavy (non-hydrogen) atoms. The van der Waals surface area contributed by atoms with Gasteiger partial charge in [0.1, 0.15) is 6.04 Å². The van der Waals surface area contributed by atoms with Gasteiger partial charge in [-0.2, -0.15) is 0 Å². The van der Waals surface area contributed by atoms with Gasteiger partial charge in [-0.05, 0) is 6.42 Å². The van der Waals surface area contributed by atoms with Gasteiger partial charge in [0, 0.05) is 12.2 Å². The van der Waals surface area contributed by atoms with Gasteiger partial charge >= 0.3 is 5.97 Å². The molecule has 0 aromatic carbocycles. The molecule has 0 spiro atoms. The zero-order valence-corrected chi connectivity index (χ0v) is 7.77. The molecule has 0 fully saturated rings. The van der Waals surface area contributed by atoms with E-state index in [1.165, 1.54) is 0 Å². The van der Waals surface area contributed by atoms with Crippen LogP contribution in [-0.2, 0) is 14.4 Å². The van der Waals surface area contributed by atoms with E-state index >= 15 is 0 Å². The molecular weight excluding hydrogens is 186 g/mol. The number of carboxylic acid groups (broad SMARTS) is 1. The van der Waals surface area contributed by atoms with Gasteiger partial charge in [-0.1, -0.05) is 13.3 Å². The number of carboxylic acids is 1. The van der Waals surface area contributed by atoms with Crippen LogP contribution >= 0.6 is 0 Å². The number of nitrogens with zero attached hydrogens (tertiary/aromatic N) is 1. The molecule has 1 aliphatic rings. The summed E-state index contributed by atoms with van der Waals surface area (Å²) in [5.41, 5.74) is 0. The van der Waals surface area contributed by atoms with Crippen molar-refractivity contribution in [3.63, 3.8) is 0 Å². The maximum Gasteiger partial charge on any atom is 0.326 e. The molecule has 1 heterocycles. The van der Waals surface area contributed by atoms with Crippen LogP contribution in [0.3, 0.4) is 0 Å². The monoisotopic (exact) mass is 197 g/mol. The first-order valence-corrected chi connectivity index (χ1v) is 4.36. The van der Waals surface area contributed by atoms with Crippen molar-refractivity contribution in [3.8, 4) is 0 Å². The van der Waals surface area contributed by atoms with Crippen molar-refractivity contribution in [1.82, 2.24) is 4.90 Å². The largest absolute Gasteiger partial charge is 0.480 e. The fourth-order valence-corrected chi connectivity index (χ4v) is 1.36. The van der Waals surface area contributed by atoms with E-state index in [2.05, 4.69) is 0 Å². The van der Waals surface area contributed by atoms with Crippen molar-refractivity contribution < 1.29 is 19.5 Å². The minimum atomic E-state index is -1.14. The van der Waals surface area contributed by atoms with E-state index < -0.39 is 23.8 Å². The standard InChI is InChI=1S/C9H11NO4/c1-2-3-6(9(13)14)10-7(11)4-5-8(10)12/h4-6H,2-3H2,1H3,(H,13,14). The summed E-state index contributed by atoms with van der Waals surface area (Å²) in [6, 6.07) is -1.03. The Hall–Kier alpha value is -1.65. The zero-order valence-electron chi connectivity index (χ0n) is 7.77. The van der Waals surface area contributed by atoms with Crippen LogP contribution in [0.5, 0.6) is 0 Å². The molecule has 1 atom stereocenters. The third-order valence-corrected chi connectivity index (χ3v) is 2.00. The first kappa shape index (κ1) is 10.4. The van der Waals surface area contributed by atoms with Crippen LogP contribution in [0.1, 0.15) is 19.8 Å². The molecule has 1 N–H and O–H groups in total. The molecule has 5 heteroatoms. The summed E-state index contributed by atoms with van der Waals surface area (Å²) in [5, 5.41) is 8.83. The molecule has 1 unspecified atom stereocenters. The molecule has 0 aromatic rings. The van der Waals surface area contributed by atoms with Crippen LogP contribution in [0.15, 0.2) is 12.2 Å². The summed E-state index contributed by atoms with van der Waals surface area (Å²) in [6.45, 7) is 1.80. The molecule has 76 valence electrons. The predicted octanol–water partition coefficient (Wildman–Crippen LogP) is 0.165. The highest BCUT2D eigenvalue weighted by atomic mass is 16.4. The second-order valence-electron chi connectivity index (χ2n) is 3.02. The predicted molar refractivity (Wildman–Crippen MR) is 47.3 cm³/mol. The molecule has 0 saturated heterocycles. The van der Waals surface area contributed by atoms with Crippen molar-refractivity contribution in [2.45, 2.75) is 25.8 Å². The Kier molecular flexibility index (Phi) is 3.01. The van der Waals surface area contributed by atoms with Gasteiger partial charge in [0.2, 0.25) is 0 Å². The average Bonchev–Trinajstić information content (AvgIpc) is 2.43. The summed E-state index contributed by atoms with van der Waals surface area (Å²) in [6.07, 6.45) is 3.07. The summed E-state index contributed by atoms with van der Waals surface area (Å²) < 4.78 is 0. The lowest BCUT2D eigenvalue weighted by Crippen LogP contribution is -2.44. The molecular formula is C9H11NO4. The fraction of sp³-hybridized carbons (Fsp3) is 0.444. The maximum absolute atomic E-state index is 11.2. The van der Waals surface area contributed by atoms with Gasteiger partial charge in [0.15, 0.2) is 0 Å². The summed E-state index contributed by atoms with van der Waals surface area (Å²) >= 11 is 0. The molecule has 1 aliphatic heterocycles.